The Morgan fingerprint density at radius 2 is 1.04 bits per heavy atom. The van der Waals surface area contributed by atoms with E-state index < -0.39 is 49.4 Å². The molecular formula is C41H74O10. The van der Waals surface area contributed by atoms with Crippen LogP contribution in [0.2, 0.25) is 0 Å². The second kappa shape index (κ2) is 32.8. The van der Waals surface area contributed by atoms with Crippen molar-refractivity contribution in [3.8, 4) is 0 Å². The summed E-state index contributed by atoms with van der Waals surface area (Å²) >= 11 is 0. The summed E-state index contributed by atoms with van der Waals surface area (Å²) in [4.78, 5) is 25.2. The van der Waals surface area contributed by atoms with Crippen LogP contribution in [-0.2, 0) is 28.5 Å². The van der Waals surface area contributed by atoms with Gasteiger partial charge in [0.1, 0.15) is 31.0 Å². The Labute approximate surface area is 309 Å². The predicted molar refractivity (Wildman–Crippen MR) is 201 cm³/mol. The average molecular weight is 727 g/mol. The molecule has 1 saturated heterocycles. The third kappa shape index (κ3) is 24.9. The number of aliphatic hydroxyl groups excluding tert-OH is 4. The highest BCUT2D eigenvalue weighted by atomic mass is 16.7. The Morgan fingerprint density at radius 1 is 0.588 bits per heavy atom. The fourth-order valence-corrected chi connectivity index (χ4v) is 6.00. The van der Waals surface area contributed by atoms with Crippen LogP contribution in [0.4, 0.5) is 0 Å². The first kappa shape index (κ1) is 47.2. The molecule has 1 aliphatic rings. The average Bonchev–Trinajstić information content (AvgIpc) is 3.13. The lowest BCUT2D eigenvalue weighted by Crippen LogP contribution is -2.59. The zero-order valence-electron chi connectivity index (χ0n) is 32.1. The molecule has 0 aromatic heterocycles. The monoisotopic (exact) mass is 727 g/mol. The van der Waals surface area contributed by atoms with Gasteiger partial charge in [0.05, 0.1) is 13.2 Å². The predicted octanol–water partition coefficient (Wildman–Crippen LogP) is 7.77. The third-order valence-electron chi connectivity index (χ3n) is 9.31. The van der Waals surface area contributed by atoms with Crippen molar-refractivity contribution in [3.63, 3.8) is 0 Å². The standard InChI is InChI=1S/C41H74O10/c1-3-5-7-9-11-13-15-17-18-20-22-24-26-28-30-37(44)50-34(33-49-41-40(47)39(46)38(45)35(31-42)51-41)32-48-36(43)29-27-25-23-21-19-16-14-12-10-8-6-4-2/h12,14-15,17,34-35,38-42,45-47H,3-11,13,16,18-33H2,1-2H3/b14-12-,17-15-. The van der Waals surface area contributed by atoms with E-state index in [4.69, 9.17) is 18.9 Å². The molecule has 0 spiro atoms. The minimum Gasteiger partial charge on any atom is -0.462 e. The number of allylic oxidation sites excluding steroid dienone is 4. The molecule has 1 fully saturated rings. The highest BCUT2D eigenvalue weighted by Gasteiger charge is 2.44. The number of carbonyl (C=O) groups is 2. The molecule has 6 atom stereocenters. The molecule has 1 aliphatic heterocycles. The summed E-state index contributed by atoms with van der Waals surface area (Å²) < 4.78 is 22.1. The zero-order chi connectivity index (χ0) is 37.4. The molecule has 0 aromatic carbocycles. The van der Waals surface area contributed by atoms with Crippen LogP contribution in [0.1, 0.15) is 168 Å². The van der Waals surface area contributed by atoms with Crippen molar-refractivity contribution in [2.45, 2.75) is 205 Å². The van der Waals surface area contributed by atoms with Crippen molar-refractivity contribution in [3.05, 3.63) is 24.3 Å². The summed E-state index contributed by atoms with van der Waals surface area (Å²) in [5, 5.41) is 39.9. The molecule has 10 heteroatoms. The Hall–Kier alpha value is -1.82. The number of aliphatic hydroxyl groups is 4. The number of ether oxygens (including phenoxy) is 4. The number of carbonyl (C=O) groups excluding carboxylic acids is 2. The van der Waals surface area contributed by atoms with Gasteiger partial charge in [-0.2, -0.15) is 0 Å². The molecule has 1 rings (SSSR count). The maximum Gasteiger partial charge on any atom is 0.306 e. The lowest BCUT2D eigenvalue weighted by molar-refractivity contribution is -0.305. The van der Waals surface area contributed by atoms with E-state index in [1.807, 2.05) is 0 Å². The van der Waals surface area contributed by atoms with Gasteiger partial charge in [-0.05, 0) is 64.2 Å². The van der Waals surface area contributed by atoms with E-state index in [0.717, 1.165) is 77.0 Å². The number of hydrogen-bond donors (Lipinski definition) is 4. The maximum atomic E-state index is 12.7. The smallest absolute Gasteiger partial charge is 0.306 e. The van der Waals surface area contributed by atoms with Crippen LogP contribution in [0.25, 0.3) is 0 Å². The van der Waals surface area contributed by atoms with Crippen LogP contribution in [0.15, 0.2) is 24.3 Å². The third-order valence-corrected chi connectivity index (χ3v) is 9.31. The summed E-state index contributed by atoms with van der Waals surface area (Å²) in [7, 11) is 0. The van der Waals surface area contributed by atoms with Gasteiger partial charge in [-0.25, -0.2) is 0 Å². The van der Waals surface area contributed by atoms with Crippen LogP contribution >= 0.6 is 0 Å². The minimum absolute atomic E-state index is 0.219. The van der Waals surface area contributed by atoms with Crippen molar-refractivity contribution in [2.24, 2.45) is 0 Å². The molecule has 0 bridgehead atoms. The van der Waals surface area contributed by atoms with E-state index in [1.54, 1.807) is 0 Å². The minimum atomic E-state index is -1.59. The number of rotatable bonds is 33. The van der Waals surface area contributed by atoms with Crippen molar-refractivity contribution in [1.82, 2.24) is 0 Å². The highest BCUT2D eigenvalue weighted by Crippen LogP contribution is 2.22. The molecule has 51 heavy (non-hydrogen) atoms. The summed E-state index contributed by atoms with van der Waals surface area (Å²) in [5.74, 6) is -0.827. The fourth-order valence-electron chi connectivity index (χ4n) is 6.00. The second-order valence-corrected chi connectivity index (χ2v) is 14.1. The van der Waals surface area contributed by atoms with Crippen LogP contribution in [0.5, 0.6) is 0 Å². The molecule has 0 radical (unpaired) electrons. The molecule has 4 N–H and O–H groups in total. The molecule has 1 heterocycles. The van der Waals surface area contributed by atoms with Crippen LogP contribution in [0, 0.1) is 0 Å². The normalized spacial score (nSPS) is 21.4. The van der Waals surface area contributed by atoms with Gasteiger partial charge in [0, 0.05) is 12.8 Å². The van der Waals surface area contributed by atoms with E-state index in [-0.39, 0.29) is 32.0 Å². The Kier molecular flexibility index (Phi) is 30.4. The van der Waals surface area contributed by atoms with E-state index in [9.17, 15) is 30.0 Å². The maximum absolute atomic E-state index is 12.7. The molecule has 10 nitrogen and oxygen atoms in total. The van der Waals surface area contributed by atoms with Gasteiger partial charge >= 0.3 is 11.9 Å². The van der Waals surface area contributed by atoms with E-state index >= 15 is 0 Å². The van der Waals surface area contributed by atoms with Gasteiger partial charge in [-0.1, -0.05) is 115 Å². The zero-order valence-corrected chi connectivity index (χ0v) is 32.1. The molecule has 0 aromatic rings. The van der Waals surface area contributed by atoms with Crippen LogP contribution in [-0.4, -0.2) is 89.0 Å². The summed E-state index contributed by atoms with van der Waals surface area (Å²) in [6.45, 7) is 3.36. The van der Waals surface area contributed by atoms with Gasteiger partial charge in [-0.15, -0.1) is 0 Å². The molecule has 6 unspecified atom stereocenters. The van der Waals surface area contributed by atoms with Crippen LogP contribution < -0.4 is 0 Å². The number of hydrogen-bond acceptors (Lipinski definition) is 10. The van der Waals surface area contributed by atoms with E-state index in [0.29, 0.717) is 12.8 Å². The first-order valence-corrected chi connectivity index (χ1v) is 20.4. The van der Waals surface area contributed by atoms with Crippen molar-refractivity contribution < 1.29 is 49.0 Å². The lowest BCUT2D eigenvalue weighted by atomic mass is 9.99. The quantitative estimate of drug-likeness (QED) is 0.0300. The number of esters is 2. The van der Waals surface area contributed by atoms with Gasteiger partial charge in [0.25, 0.3) is 0 Å². The summed E-state index contributed by atoms with van der Waals surface area (Å²) in [6.07, 6.45) is 26.1. The van der Waals surface area contributed by atoms with Gasteiger partial charge in [0.15, 0.2) is 12.4 Å². The topological polar surface area (TPSA) is 152 Å². The second-order valence-electron chi connectivity index (χ2n) is 14.1. The SMILES string of the molecule is CCCCC/C=C\CCCCCCCC(=O)OCC(COC1OC(CO)C(O)C(O)C1O)OC(=O)CCCCCCC/C=C\CCCCCCC. The number of unbranched alkanes of at least 4 members (excludes halogenated alkanes) is 18. The Bertz CT molecular complexity index is 892. The van der Waals surface area contributed by atoms with E-state index in [2.05, 4.69) is 38.2 Å². The van der Waals surface area contributed by atoms with Gasteiger partial charge < -0.3 is 39.4 Å². The van der Waals surface area contributed by atoms with Gasteiger partial charge in [-0.3, -0.25) is 9.59 Å². The summed E-state index contributed by atoms with van der Waals surface area (Å²) in [5.41, 5.74) is 0. The molecule has 0 aliphatic carbocycles. The van der Waals surface area contributed by atoms with E-state index in [1.165, 1.54) is 51.4 Å². The Balaban J connectivity index is 2.39. The summed E-state index contributed by atoms with van der Waals surface area (Å²) in [6, 6.07) is 0. The lowest BCUT2D eigenvalue weighted by Gasteiger charge is -2.39. The molecule has 0 amide bonds. The molecular weight excluding hydrogens is 652 g/mol. The molecule has 0 saturated carbocycles. The first-order chi connectivity index (χ1) is 24.8. The van der Waals surface area contributed by atoms with Gasteiger partial charge in [0.2, 0.25) is 0 Å². The first-order valence-electron chi connectivity index (χ1n) is 20.4. The van der Waals surface area contributed by atoms with Crippen molar-refractivity contribution in [1.29, 1.82) is 0 Å². The molecule has 298 valence electrons. The van der Waals surface area contributed by atoms with Crippen LogP contribution in [0.3, 0.4) is 0 Å². The fraction of sp³-hybridized carbons (Fsp3) is 0.854. The highest BCUT2D eigenvalue weighted by molar-refractivity contribution is 5.70. The Morgan fingerprint density at radius 3 is 1.57 bits per heavy atom. The van der Waals surface area contributed by atoms with Crippen molar-refractivity contribution in [2.75, 3.05) is 19.8 Å². The van der Waals surface area contributed by atoms with Crippen molar-refractivity contribution >= 4 is 11.9 Å². The largest absolute Gasteiger partial charge is 0.462 e.